The lowest BCUT2D eigenvalue weighted by Crippen LogP contribution is -2.00. The number of hydrogen-bond acceptors (Lipinski definition) is 2. The van der Waals surface area contributed by atoms with E-state index in [2.05, 4.69) is 0 Å². The van der Waals surface area contributed by atoms with Crippen molar-refractivity contribution in [3.05, 3.63) is 59.9 Å². The summed E-state index contributed by atoms with van der Waals surface area (Å²) in [6.07, 6.45) is 0.270. The number of halogens is 1. The van der Waals surface area contributed by atoms with Crippen molar-refractivity contribution in [2.75, 3.05) is 0 Å². The summed E-state index contributed by atoms with van der Waals surface area (Å²) in [6.45, 7) is 1.70. The van der Waals surface area contributed by atoms with Crippen LogP contribution in [0.25, 0.3) is 0 Å². The molecule has 2 aromatic carbocycles. The summed E-state index contributed by atoms with van der Waals surface area (Å²) in [5.41, 5.74) is 0.0749. The first-order chi connectivity index (χ1) is 8.70. The minimum atomic E-state index is -0.512. The Labute approximate surface area is 105 Å². The highest BCUT2D eigenvalue weighted by Crippen LogP contribution is 2.24. The first kappa shape index (κ1) is 12.3. The normalized spacial score (nSPS) is 10.1. The summed E-state index contributed by atoms with van der Waals surface area (Å²) >= 11 is 0. The highest BCUT2D eigenvalue weighted by molar-refractivity contribution is 5.96. The van der Waals surface area contributed by atoms with E-state index >= 15 is 0 Å². The van der Waals surface area contributed by atoms with Crippen molar-refractivity contribution < 1.29 is 13.9 Å². The van der Waals surface area contributed by atoms with E-state index in [0.717, 1.165) is 0 Å². The molecule has 3 heteroatoms. The van der Waals surface area contributed by atoms with Crippen LogP contribution in [0.4, 0.5) is 4.39 Å². The third-order valence-electron chi connectivity index (χ3n) is 2.54. The maximum absolute atomic E-state index is 13.5. The Morgan fingerprint density at radius 3 is 2.50 bits per heavy atom. The SMILES string of the molecule is CCC(=O)c1cc(Oc2ccccc2)ccc1F. The maximum Gasteiger partial charge on any atom is 0.165 e. The van der Waals surface area contributed by atoms with Crippen molar-refractivity contribution in [1.82, 2.24) is 0 Å². The standard InChI is InChI=1S/C15H13FO2/c1-2-15(17)13-10-12(8-9-14(13)16)18-11-6-4-3-5-7-11/h3-10H,2H2,1H3. The second kappa shape index (κ2) is 5.45. The second-order valence-electron chi connectivity index (χ2n) is 3.83. The van der Waals surface area contributed by atoms with Crippen LogP contribution in [0.5, 0.6) is 11.5 Å². The first-order valence-electron chi connectivity index (χ1n) is 5.76. The Kier molecular flexibility index (Phi) is 3.72. The molecule has 2 nitrogen and oxygen atoms in total. The van der Waals surface area contributed by atoms with Crippen LogP contribution in [-0.4, -0.2) is 5.78 Å². The molecule has 0 heterocycles. The molecule has 0 amide bonds. The van der Waals surface area contributed by atoms with Gasteiger partial charge in [0.2, 0.25) is 0 Å². The van der Waals surface area contributed by atoms with Crippen molar-refractivity contribution in [2.24, 2.45) is 0 Å². The van der Waals surface area contributed by atoms with Crippen molar-refractivity contribution in [3.8, 4) is 11.5 Å². The van der Waals surface area contributed by atoms with Crippen LogP contribution in [0.3, 0.4) is 0 Å². The number of rotatable bonds is 4. The molecule has 2 aromatic rings. The fraction of sp³-hybridized carbons (Fsp3) is 0.133. The molecule has 0 saturated carbocycles. The molecule has 0 aliphatic carbocycles. The molecular formula is C15H13FO2. The first-order valence-corrected chi connectivity index (χ1v) is 5.76. The van der Waals surface area contributed by atoms with Gasteiger partial charge in [-0.1, -0.05) is 25.1 Å². The molecule has 0 aromatic heterocycles. The molecule has 0 bridgehead atoms. The van der Waals surface area contributed by atoms with Crippen molar-refractivity contribution >= 4 is 5.78 Å². The van der Waals surface area contributed by atoms with Crippen molar-refractivity contribution in [3.63, 3.8) is 0 Å². The highest BCUT2D eigenvalue weighted by atomic mass is 19.1. The third-order valence-corrected chi connectivity index (χ3v) is 2.54. The molecule has 0 aliphatic rings. The Hall–Kier alpha value is -2.16. The van der Waals surface area contributed by atoms with E-state index in [1.807, 2.05) is 18.2 Å². The molecule has 2 rings (SSSR count). The number of hydrogen-bond donors (Lipinski definition) is 0. The van der Waals surface area contributed by atoms with Crippen LogP contribution in [0, 0.1) is 5.82 Å². The van der Waals surface area contributed by atoms with Crippen LogP contribution in [0.15, 0.2) is 48.5 Å². The lowest BCUT2D eigenvalue weighted by molar-refractivity contribution is 0.0984. The Balaban J connectivity index is 2.27. The average Bonchev–Trinajstić information content (AvgIpc) is 2.41. The number of benzene rings is 2. The van der Waals surface area contributed by atoms with Gasteiger partial charge in [-0.2, -0.15) is 0 Å². The minimum absolute atomic E-state index is 0.0749. The largest absolute Gasteiger partial charge is 0.457 e. The number of para-hydroxylation sites is 1. The monoisotopic (exact) mass is 244 g/mol. The molecular weight excluding hydrogens is 231 g/mol. The second-order valence-corrected chi connectivity index (χ2v) is 3.83. The molecule has 92 valence electrons. The summed E-state index contributed by atoms with van der Waals surface area (Å²) in [7, 11) is 0. The van der Waals surface area contributed by atoms with E-state index in [1.165, 1.54) is 18.2 Å². The summed E-state index contributed by atoms with van der Waals surface area (Å²) in [5, 5.41) is 0. The van der Waals surface area contributed by atoms with Crippen LogP contribution in [0.1, 0.15) is 23.7 Å². The Bertz CT molecular complexity index is 550. The van der Waals surface area contributed by atoms with Crippen LogP contribution in [-0.2, 0) is 0 Å². The zero-order valence-corrected chi connectivity index (χ0v) is 10.0. The molecule has 0 radical (unpaired) electrons. The number of carbonyl (C=O) groups excluding carboxylic acids is 1. The third kappa shape index (κ3) is 2.74. The van der Waals surface area contributed by atoms with Gasteiger partial charge in [-0.3, -0.25) is 4.79 Å². The van der Waals surface area contributed by atoms with E-state index in [0.29, 0.717) is 11.5 Å². The predicted molar refractivity (Wildman–Crippen MR) is 67.5 cm³/mol. The van der Waals surface area contributed by atoms with E-state index in [1.54, 1.807) is 19.1 Å². The summed E-state index contributed by atoms with van der Waals surface area (Å²) in [6, 6.07) is 13.4. The molecule has 0 unspecified atom stereocenters. The summed E-state index contributed by atoms with van der Waals surface area (Å²) in [5.74, 6) is 0.367. The Morgan fingerprint density at radius 1 is 1.11 bits per heavy atom. The smallest absolute Gasteiger partial charge is 0.165 e. The van der Waals surface area contributed by atoms with Crippen LogP contribution >= 0.6 is 0 Å². The Morgan fingerprint density at radius 2 is 1.83 bits per heavy atom. The van der Waals surface area contributed by atoms with Gasteiger partial charge in [0.25, 0.3) is 0 Å². The number of ketones is 1. The fourth-order valence-corrected chi connectivity index (χ4v) is 1.60. The zero-order valence-electron chi connectivity index (χ0n) is 10.0. The lowest BCUT2D eigenvalue weighted by Gasteiger charge is -2.07. The number of ether oxygens (including phenoxy) is 1. The van der Waals surface area contributed by atoms with Crippen molar-refractivity contribution in [1.29, 1.82) is 0 Å². The maximum atomic E-state index is 13.5. The van der Waals surface area contributed by atoms with Gasteiger partial charge in [0.15, 0.2) is 5.78 Å². The average molecular weight is 244 g/mol. The zero-order chi connectivity index (χ0) is 13.0. The highest BCUT2D eigenvalue weighted by Gasteiger charge is 2.11. The summed E-state index contributed by atoms with van der Waals surface area (Å²) < 4.78 is 19.0. The fourth-order valence-electron chi connectivity index (χ4n) is 1.60. The van der Waals surface area contributed by atoms with Gasteiger partial charge in [-0.05, 0) is 30.3 Å². The molecule has 0 saturated heterocycles. The molecule has 0 atom stereocenters. The van der Waals surface area contributed by atoms with Gasteiger partial charge in [-0.15, -0.1) is 0 Å². The predicted octanol–water partition coefficient (Wildman–Crippen LogP) is 4.21. The molecule has 18 heavy (non-hydrogen) atoms. The van der Waals surface area contributed by atoms with E-state index in [9.17, 15) is 9.18 Å². The van der Waals surface area contributed by atoms with Gasteiger partial charge in [0.1, 0.15) is 17.3 Å². The lowest BCUT2D eigenvalue weighted by atomic mass is 10.1. The topological polar surface area (TPSA) is 26.3 Å². The minimum Gasteiger partial charge on any atom is -0.457 e. The molecule has 0 aliphatic heterocycles. The van der Waals surface area contributed by atoms with Gasteiger partial charge < -0.3 is 4.74 Å². The van der Waals surface area contributed by atoms with E-state index in [4.69, 9.17) is 4.74 Å². The van der Waals surface area contributed by atoms with Gasteiger partial charge in [0, 0.05) is 6.42 Å². The molecule has 0 spiro atoms. The van der Waals surface area contributed by atoms with Crippen LogP contribution in [0.2, 0.25) is 0 Å². The quantitative estimate of drug-likeness (QED) is 0.753. The molecule has 0 fully saturated rings. The van der Waals surface area contributed by atoms with Crippen molar-refractivity contribution in [2.45, 2.75) is 13.3 Å². The van der Waals surface area contributed by atoms with E-state index < -0.39 is 5.82 Å². The van der Waals surface area contributed by atoms with Crippen LogP contribution < -0.4 is 4.74 Å². The number of Topliss-reactive ketones (excluding diaryl/α,β-unsaturated/α-hetero) is 1. The van der Waals surface area contributed by atoms with E-state index in [-0.39, 0.29) is 17.8 Å². The van der Waals surface area contributed by atoms with Gasteiger partial charge in [-0.25, -0.2) is 4.39 Å². The van der Waals surface area contributed by atoms with Gasteiger partial charge >= 0.3 is 0 Å². The summed E-state index contributed by atoms with van der Waals surface area (Å²) in [4.78, 5) is 11.5. The molecule has 0 N–H and O–H groups in total. The van der Waals surface area contributed by atoms with Gasteiger partial charge in [0.05, 0.1) is 5.56 Å². The number of carbonyl (C=O) groups is 1.